The van der Waals surface area contributed by atoms with Crippen LogP contribution in [0, 0.1) is 0 Å². The van der Waals surface area contributed by atoms with E-state index in [-0.39, 0.29) is 5.75 Å². The van der Waals surface area contributed by atoms with Crippen LogP contribution in [-0.4, -0.2) is 45.5 Å². The van der Waals surface area contributed by atoms with Crippen LogP contribution in [0.1, 0.15) is 6.92 Å². The lowest BCUT2D eigenvalue weighted by Crippen LogP contribution is -2.36. The summed E-state index contributed by atoms with van der Waals surface area (Å²) in [6.45, 7) is 4.68. The molecule has 1 N–H and O–H groups in total. The molecule has 0 unspecified atom stereocenters. The van der Waals surface area contributed by atoms with Crippen molar-refractivity contribution in [2.75, 3.05) is 41.7 Å². The number of ether oxygens (including phenoxy) is 1. The van der Waals surface area contributed by atoms with Gasteiger partial charge in [0.05, 0.1) is 30.9 Å². The Hall–Kier alpha value is -1.34. The molecule has 2 rings (SSSR count). The van der Waals surface area contributed by atoms with Crippen LogP contribution < -0.4 is 9.62 Å². The monoisotopic (exact) mass is 271 g/mol. The SMILES string of the molecule is CCS(=O)(=O)Nc1ccc(N2CCOCC2)cn1. The molecule has 6 nitrogen and oxygen atoms in total. The summed E-state index contributed by atoms with van der Waals surface area (Å²) in [5.74, 6) is 0.397. The Kier molecular flexibility index (Phi) is 4.03. The highest BCUT2D eigenvalue weighted by Gasteiger charge is 2.12. The van der Waals surface area contributed by atoms with Crippen molar-refractivity contribution in [3.05, 3.63) is 18.3 Å². The Morgan fingerprint density at radius 1 is 1.39 bits per heavy atom. The number of pyridine rings is 1. The number of morpholine rings is 1. The number of nitrogens with zero attached hydrogens (tertiary/aromatic N) is 2. The smallest absolute Gasteiger partial charge is 0.233 e. The van der Waals surface area contributed by atoms with Crippen LogP contribution in [0.3, 0.4) is 0 Å². The molecule has 0 atom stereocenters. The maximum Gasteiger partial charge on any atom is 0.233 e. The molecule has 0 aromatic carbocycles. The molecule has 2 heterocycles. The molecule has 1 aromatic rings. The number of hydrogen-bond acceptors (Lipinski definition) is 5. The minimum Gasteiger partial charge on any atom is -0.378 e. The number of rotatable bonds is 4. The van der Waals surface area contributed by atoms with Crippen molar-refractivity contribution in [1.82, 2.24) is 4.98 Å². The molecule has 0 saturated carbocycles. The second kappa shape index (κ2) is 5.53. The first kappa shape index (κ1) is 13.1. The van der Waals surface area contributed by atoms with Crippen molar-refractivity contribution in [2.45, 2.75) is 6.92 Å². The third-order valence-electron chi connectivity index (χ3n) is 2.76. The van der Waals surface area contributed by atoms with Gasteiger partial charge in [-0.05, 0) is 19.1 Å². The summed E-state index contributed by atoms with van der Waals surface area (Å²) in [4.78, 5) is 6.28. The quantitative estimate of drug-likeness (QED) is 0.872. The topological polar surface area (TPSA) is 71.5 Å². The van der Waals surface area contributed by atoms with E-state index < -0.39 is 10.0 Å². The van der Waals surface area contributed by atoms with Gasteiger partial charge in [-0.15, -0.1) is 0 Å². The van der Waals surface area contributed by atoms with E-state index >= 15 is 0 Å². The zero-order valence-corrected chi connectivity index (χ0v) is 11.1. The van der Waals surface area contributed by atoms with E-state index in [4.69, 9.17) is 4.74 Å². The summed E-state index contributed by atoms with van der Waals surface area (Å²) in [7, 11) is -3.26. The Bertz CT molecular complexity index is 481. The van der Waals surface area contributed by atoms with Gasteiger partial charge in [0.15, 0.2) is 0 Å². The molecule has 1 aromatic heterocycles. The molecule has 0 amide bonds. The zero-order chi connectivity index (χ0) is 13.0. The summed E-state index contributed by atoms with van der Waals surface area (Å²) in [5, 5.41) is 0. The second-order valence-corrected chi connectivity index (χ2v) is 6.02. The van der Waals surface area contributed by atoms with Crippen molar-refractivity contribution in [1.29, 1.82) is 0 Å². The van der Waals surface area contributed by atoms with E-state index in [2.05, 4.69) is 14.6 Å². The fourth-order valence-corrected chi connectivity index (χ4v) is 2.27. The van der Waals surface area contributed by atoms with E-state index in [9.17, 15) is 8.42 Å². The Morgan fingerprint density at radius 2 is 2.11 bits per heavy atom. The summed E-state index contributed by atoms with van der Waals surface area (Å²) >= 11 is 0. The highest BCUT2D eigenvalue weighted by molar-refractivity contribution is 7.92. The fourth-order valence-electron chi connectivity index (χ4n) is 1.69. The lowest BCUT2D eigenvalue weighted by molar-refractivity contribution is 0.122. The fraction of sp³-hybridized carbons (Fsp3) is 0.545. The number of hydrogen-bond donors (Lipinski definition) is 1. The van der Waals surface area contributed by atoms with Crippen molar-refractivity contribution < 1.29 is 13.2 Å². The average molecular weight is 271 g/mol. The number of anilines is 2. The van der Waals surface area contributed by atoms with Crippen LogP contribution in [-0.2, 0) is 14.8 Å². The maximum absolute atomic E-state index is 11.4. The predicted octanol–water partition coefficient (Wildman–Crippen LogP) is 0.680. The predicted molar refractivity (Wildman–Crippen MR) is 70.4 cm³/mol. The van der Waals surface area contributed by atoms with E-state index in [1.54, 1.807) is 19.2 Å². The lowest BCUT2D eigenvalue weighted by Gasteiger charge is -2.28. The first-order valence-corrected chi connectivity index (χ1v) is 7.55. The first-order valence-electron chi connectivity index (χ1n) is 5.90. The van der Waals surface area contributed by atoms with Crippen molar-refractivity contribution in [3.8, 4) is 0 Å². The van der Waals surface area contributed by atoms with Gasteiger partial charge in [-0.1, -0.05) is 0 Å². The van der Waals surface area contributed by atoms with E-state index in [1.165, 1.54) is 0 Å². The summed E-state index contributed by atoms with van der Waals surface area (Å²) in [6.07, 6.45) is 1.68. The molecule has 1 saturated heterocycles. The zero-order valence-electron chi connectivity index (χ0n) is 10.3. The number of aromatic nitrogens is 1. The molecule has 7 heteroatoms. The van der Waals surface area contributed by atoms with Crippen molar-refractivity contribution in [2.24, 2.45) is 0 Å². The molecule has 18 heavy (non-hydrogen) atoms. The molecule has 1 fully saturated rings. The van der Waals surface area contributed by atoms with E-state index in [0.717, 1.165) is 18.8 Å². The number of nitrogens with one attached hydrogen (secondary N) is 1. The Morgan fingerprint density at radius 3 is 2.67 bits per heavy atom. The van der Waals surface area contributed by atoms with Gasteiger partial charge in [0.1, 0.15) is 5.82 Å². The van der Waals surface area contributed by atoms with Gasteiger partial charge < -0.3 is 9.64 Å². The standard InChI is InChI=1S/C11H17N3O3S/c1-2-18(15,16)13-11-4-3-10(9-12-11)14-5-7-17-8-6-14/h3-4,9H,2,5-8H2,1H3,(H,12,13). The van der Waals surface area contributed by atoms with Crippen LogP contribution in [0.25, 0.3) is 0 Å². The minimum atomic E-state index is -3.26. The summed E-state index contributed by atoms with van der Waals surface area (Å²) < 4.78 is 30.4. The highest BCUT2D eigenvalue weighted by atomic mass is 32.2. The summed E-state index contributed by atoms with van der Waals surface area (Å²) in [6, 6.07) is 3.55. The van der Waals surface area contributed by atoms with Gasteiger partial charge in [0.25, 0.3) is 0 Å². The molecule has 1 aliphatic rings. The van der Waals surface area contributed by atoms with Gasteiger partial charge in [0, 0.05) is 13.1 Å². The van der Waals surface area contributed by atoms with Crippen LogP contribution in [0.15, 0.2) is 18.3 Å². The normalized spacial score (nSPS) is 16.6. The molecule has 0 bridgehead atoms. The summed E-state index contributed by atoms with van der Waals surface area (Å²) in [5.41, 5.74) is 0.984. The van der Waals surface area contributed by atoms with Crippen LogP contribution in [0.5, 0.6) is 0 Å². The van der Waals surface area contributed by atoms with Crippen LogP contribution >= 0.6 is 0 Å². The molecule has 0 spiro atoms. The first-order chi connectivity index (χ1) is 8.61. The molecule has 0 aliphatic carbocycles. The van der Waals surface area contributed by atoms with Gasteiger partial charge in [0.2, 0.25) is 10.0 Å². The van der Waals surface area contributed by atoms with Crippen molar-refractivity contribution >= 4 is 21.5 Å². The molecule has 100 valence electrons. The van der Waals surface area contributed by atoms with Crippen molar-refractivity contribution in [3.63, 3.8) is 0 Å². The van der Waals surface area contributed by atoms with Crippen LogP contribution in [0.4, 0.5) is 11.5 Å². The van der Waals surface area contributed by atoms with Gasteiger partial charge in [-0.2, -0.15) is 0 Å². The number of sulfonamides is 1. The third kappa shape index (κ3) is 3.33. The minimum absolute atomic E-state index is 0.0416. The van der Waals surface area contributed by atoms with Crippen LogP contribution in [0.2, 0.25) is 0 Å². The molecule has 1 aliphatic heterocycles. The van der Waals surface area contributed by atoms with E-state index in [0.29, 0.717) is 19.0 Å². The van der Waals surface area contributed by atoms with E-state index in [1.807, 2.05) is 6.07 Å². The second-order valence-electron chi connectivity index (χ2n) is 4.01. The highest BCUT2D eigenvalue weighted by Crippen LogP contribution is 2.16. The molecule has 0 radical (unpaired) electrons. The lowest BCUT2D eigenvalue weighted by atomic mass is 10.3. The maximum atomic E-state index is 11.4. The van der Waals surface area contributed by atoms with Gasteiger partial charge in [-0.3, -0.25) is 4.72 Å². The Balaban J connectivity index is 2.05. The Labute approximate surface area is 107 Å². The largest absolute Gasteiger partial charge is 0.378 e. The molecular formula is C11H17N3O3S. The average Bonchev–Trinajstić information content (AvgIpc) is 2.40. The van der Waals surface area contributed by atoms with Gasteiger partial charge >= 0.3 is 0 Å². The van der Waals surface area contributed by atoms with Gasteiger partial charge in [-0.25, -0.2) is 13.4 Å². The molecular weight excluding hydrogens is 254 g/mol. The third-order valence-corrected chi connectivity index (χ3v) is 4.04.